The number of nitrogen functional groups attached to an aromatic ring is 1. The number of sulfonamides is 1. The standard InChI is InChI=1S/C12H20N2O3S/c1-8(2)9(3)17-12-6-5-10(7-11(12)13)18(15,16)14-4/h5-9,14H,13H2,1-4H3. The van der Waals surface area contributed by atoms with Gasteiger partial charge in [-0.25, -0.2) is 13.1 Å². The van der Waals surface area contributed by atoms with E-state index in [9.17, 15) is 8.42 Å². The fourth-order valence-electron chi connectivity index (χ4n) is 1.26. The van der Waals surface area contributed by atoms with Crippen molar-refractivity contribution in [1.29, 1.82) is 0 Å². The van der Waals surface area contributed by atoms with Gasteiger partial charge in [0.1, 0.15) is 5.75 Å². The minimum Gasteiger partial charge on any atom is -0.488 e. The lowest BCUT2D eigenvalue weighted by atomic mass is 10.1. The Balaban J connectivity index is 3.01. The number of hydrogen-bond acceptors (Lipinski definition) is 4. The first-order valence-electron chi connectivity index (χ1n) is 5.77. The molecule has 0 heterocycles. The molecule has 0 aromatic heterocycles. The van der Waals surface area contributed by atoms with Crippen LogP contribution in [0, 0.1) is 5.92 Å². The topological polar surface area (TPSA) is 81.4 Å². The van der Waals surface area contributed by atoms with Crippen molar-refractivity contribution >= 4 is 15.7 Å². The van der Waals surface area contributed by atoms with Crippen LogP contribution in [0.25, 0.3) is 0 Å². The third kappa shape index (κ3) is 3.36. The van der Waals surface area contributed by atoms with Gasteiger partial charge in [-0.3, -0.25) is 0 Å². The lowest BCUT2D eigenvalue weighted by Gasteiger charge is -2.19. The van der Waals surface area contributed by atoms with Crippen molar-refractivity contribution in [3.05, 3.63) is 18.2 Å². The quantitative estimate of drug-likeness (QED) is 0.798. The zero-order chi connectivity index (χ0) is 13.9. The summed E-state index contributed by atoms with van der Waals surface area (Å²) < 4.78 is 31.1. The molecule has 102 valence electrons. The zero-order valence-electron chi connectivity index (χ0n) is 11.1. The van der Waals surface area contributed by atoms with Crippen LogP contribution >= 0.6 is 0 Å². The van der Waals surface area contributed by atoms with Crippen molar-refractivity contribution in [1.82, 2.24) is 4.72 Å². The maximum atomic E-state index is 11.6. The number of anilines is 1. The molecule has 1 aromatic carbocycles. The first kappa shape index (κ1) is 14.8. The number of rotatable bonds is 5. The van der Waals surface area contributed by atoms with Crippen molar-refractivity contribution in [2.75, 3.05) is 12.8 Å². The molecular weight excluding hydrogens is 252 g/mol. The molecule has 1 atom stereocenters. The van der Waals surface area contributed by atoms with Gasteiger partial charge < -0.3 is 10.5 Å². The third-order valence-electron chi connectivity index (χ3n) is 2.81. The van der Waals surface area contributed by atoms with Crippen LogP contribution in [-0.2, 0) is 10.0 Å². The Kier molecular flexibility index (Phi) is 4.59. The molecule has 0 radical (unpaired) electrons. The van der Waals surface area contributed by atoms with Gasteiger partial charge in [0.15, 0.2) is 0 Å². The van der Waals surface area contributed by atoms with E-state index in [0.29, 0.717) is 17.4 Å². The first-order chi connectivity index (χ1) is 8.27. The molecular formula is C12H20N2O3S. The summed E-state index contributed by atoms with van der Waals surface area (Å²) in [5.74, 6) is 0.858. The first-order valence-corrected chi connectivity index (χ1v) is 7.26. The number of ether oxygens (including phenoxy) is 1. The summed E-state index contributed by atoms with van der Waals surface area (Å²) in [4.78, 5) is 0.132. The summed E-state index contributed by atoms with van der Waals surface area (Å²) in [5.41, 5.74) is 6.12. The van der Waals surface area contributed by atoms with Gasteiger partial charge in [0, 0.05) is 0 Å². The SMILES string of the molecule is CNS(=O)(=O)c1ccc(OC(C)C(C)C)c(N)c1. The number of nitrogens with one attached hydrogen (secondary N) is 1. The Morgan fingerprint density at radius 1 is 1.28 bits per heavy atom. The Bertz CT molecular complexity index is 512. The Labute approximate surface area is 108 Å². The molecule has 0 saturated carbocycles. The number of hydrogen-bond donors (Lipinski definition) is 2. The van der Waals surface area contributed by atoms with E-state index in [1.807, 2.05) is 20.8 Å². The van der Waals surface area contributed by atoms with E-state index in [1.165, 1.54) is 19.2 Å². The van der Waals surface area contributed by atoms with E-state index in [-0.39, 0.29) is 11.0 Å². The van der Waals surface area contributed by atoms with E-state index in [2.05, 4.69) is 4.72 Å². The molecule has 0 fully saturated rings. The lowest BCUT2D eigenvalue weighted by Crippen LogP contribution is -2.20. The van der Waals surface area contributed by atoms with Crippen LogP contribution in [-0.4, -0.2) is 21.6 Å². The second-order valence-electron chi connectivity index (χ2n) is 4.47. The highest BCUT2D eigenvalue weighted by Crippen LogP contribution is 2.26. The molecule has 0 saturated heterocycles. The van der Waals surface area contributed by atoms with E-state index in [4.69, 9.17) is 10.5 Å². The van der Waals surface area contributed by atoms with Crippen molar-refractivity contribution in [3.8, 4) is 5.75 Å². The molecule has 0 spiro atoms. The van der Waals surface area contributed by atoms with Crippen LogP contribution < -0.4 is 15.2 Å². The van der Waals surface area contributed by atoms with Gasteiger partial charge in [0.05, 0.1) is 16.7 Å². The van der Waals surface area contributed by atoms with Gasteiger partial charge in [0.25, 0.3) is 0 Å². The van der Waals surface area contributed by atoms with Crippen LogP contribution in [0.15, 0.2) is 23.1 Å². The van der Waals surface area contributed by atoms with Crippen molar-refractivity contribution in [2.45, 2.75) is 31.8 Å². The van der Waals surface area contributed by atoms with Crippen LogP contribution in [0.5, 0.6) is 5.75 Å². The maximum absolute atomic E-state index is 11.6. The summed E-state index contributed by atoms with van der Waals surface area (Å²) >= 11 is 0. The van der Waals surface area contributed by atoms with Gasteiger partial charge in [-0.05, 0) is 38.1 Å². The summed E-state index contributed by atoms with van der Waals surface area (Å²) in [7, 11) is -2.11. The minimum absolute atomic E-state index is 0.0130. The van der Waals surface area contributed by atoms with Crippen LogP contribution in [0.2, 0.25) is 0 Å². The second-order valence-corrected chi connectivity index (χ2v) is 6.36. The highest BCUT2D eigenvalue weighted by molar-refractivity contribution is 7.89. The Morgan fingerprint density at radius 2 is 1.89 bits per heavy atom. The average Bonchev–Trinajstić information content (AvgIpc) is 2.31. The third-order valence-corrected chi connectivity index (χ3v) is 4.22. The molecule has 1 unspecified atom stereocenters. The van der Waals surface area contributed by atoms with Crippen molar-refractivity contribution in [3.63, 3.8) is 0 Å². The molecule has 3 N–H and O–H groups in total. The molecule has 1 aromatic rings. The summed E-state index contributed by atoms with van der Waals surface area (Å²) in [6, 6.07) is 4.46. The van der Waals surface area contributed by atoms with Gasteiger partial charge in [0.2, 0.25) is 10.0 Å². The molecule has 1 rings (SSSR count). The zero-order valence-corrected chi connectivity index (χ0v) is 11.9. The van der Waals surface area contributed by atoms with E-state index in [1.54, 1.807) is 6.07 Å². The summed E-state index contributed by atoms with van der Waals surface area (Å²) in [5, 5.41) is 0. The lowest BCUT2D eigenvalue weighted by molar-refractivity contribution is 0.171. The van der Waals surface area contributed by atoms with E-state index in [0.717, 1.165) is 0 Å². The minimum atomic E-state index is -3.47. The molecule has 6 heteroatoms. The van der Waals surface area contributed by atoms with Gasteiger partial charge in [-0.2, -0.15) is 0 Å². The largest absolute Gasteiger partial charge is 0.488 e. The van der Waals surface area contributed by atoms with E-state index < -0.39 is 10.0 Å². The fourth-order valence-corrected chi connectivity index (χ4v) is 2.02. The monoisotopic (exact) mass is 272 g/mol. The molecule has 0 bridgehead atoms. The predicted octanol–water partition coefficient (Wildman–Crippen LogP) is 1.60. The molecule has 0 aliphatic rings. The molecule has 0 aliphatic heterocycles. The highest BCUT2D eigenvalue weighted by Gasteiger charge is 2.15. The molecule has 0 aliphatic carbocycles. The van der Waals surface area contributed by atoms with Crippen LogP contribution in [0.3, 0.4) is 0 Å². The Morgan fingerprint density at radius 3 is 2.33 bits per heavy atom. The van der Waals surface area contributed by atoms with Crippen molar-refractivity contribution < 1.29 is 13.2 Å². The number of nitrogens with two attached hydrogens (primary N) is 1. The normalized spacial score (nSPS) is 13.6. The predicted molar refractivity (Wildman–Crippen MR) is 72.0 cm³/mol. The van der Waals surface area contributed by atoms with Crippen LogP contribution in [0.1, 0.15) is 20.8 Å². The second kappa shape index (κ2) is 5.58. The van der Waals surface area contributed by atoms with Gasteiger partial charge in [-0.15, -0.1) is 0 Å². The summed E-state index contributed by atoms with van der Waals surface area (Å²) in [6.07, 6.45) is 0.0130. The van der Waals surface area contributed by atoms with E-state index >= 15 is 0 Å². The molecule has 18 heavy (non-hydrogen) atoms. The van der Waals surface area contributed by atoms with Crippen LogP contribution in [0.4, 0.5) is 5.69 Å². The average molecular weight is 272 g/mol. The number of benzene rings is 1. The smallest absolute Gasteiger partial charge is 0.240 e. The maximum Gasteiger partial charge on any atom is 0.240 e. The fraction of sp³-hybridized carbons (Fsp3) is 0.500. The van der Waals surface area contributed by atoms with Gasteiger partial charge >= 0.3 is 0 Å². The van der Waals surface area contributed by atoms with Crippen molar-refractivity contribution in [2.24, 2.45) is 5.92 Å². The molecule has 5 nitrogen and oxygen atoms in total. The highest BCUT2D eigenvalue weighted by atomic mass is 32.2. The Hall–Kier alpha value is -1.27. The molecule has 0 amide bonds. The van der Waals surface area contributed by atoms with Gasteiger partial charge in [-0.1, -0.05) is 13.8 Å². The summed E-state index contributed by atoms with van der Waals surface area (Å²) in [6.45, 7) is 6.03.